The van der Waals surface area contributed by atoms with Crippen molar-refractivity contribution in [3.63, 3.8) is 0 Å². The molecule has 2 nitrogen and oxygen atoms in total. The fraction of sp³-hybridized carbons (Fsp3) is 0.0164. The van der Waals surface area contributed by atoms with Gasteiger partial charge in [-0.05, 0) is 126 Å². The van der Waals surface area contributed by atoms with Crippen molar-refractivity contribution >= 4 is 39.0 Å². The van der Waals surface area contributed by atoms with Gasteiger partial charge in [0.15, 0.2) is 0 Å². The zero-order chi connectivity index (χ0) is 41.5. The first-order valence-electron chi connectivity index (χ1n) is 21.8. The molecule has 2 aliphatic rings. The molecule has 11 aromatic rings. The van der Waals surface area contributed by atoms with Gasteiger partial charge in [-0.25, -0.2) is 0 Å². The zero-order valence-corrected chi connectivity index (χ0v) is 34.4. The van der Waals surface area contributed by atoms with Gasteiger partial charge in [0.1, 0.15) is 11.2 Å². The van der Waals surface area contributed by atoms with Crippen LogP contribution in [0.3, 0.4) is 0 Å². The van der Waals surface area contributed by atoms with Crippen LogP contribution >= 0.6 is 0 Å². The summed E-state index contributed by atoms with van der Waals surface area (Å²) in [6, 6.07) is 86.6. The van der Waals surface area contributed by atoms with Gasteiger partial charge in [-0.2, -0.15) is 0 Å². The molecule has 0 N–H and O–H groups in total. The molecule has 13 rings (SSSR count). The van der Waals surface area contributed by atoms with Crippen LogP contribution in [0.2, 0.25) is 0 Å². The molecule has 10 aromatic carbocycles. The van der Waals surface area contributed by atoms with Gasteiger partial charge in [-0.15, -0.1) is 0 Å². The lowest BCUT2D eigenvalue weighted by Crippen LogP contribution is -2.29. The van der Waals surface area contributed by atoms with Crippen LogP contribution in [0.15, 0.2) is 241 Å². The largest absolute Gasteiger partial charge is 0.456 e. The number of hydrogen-bond donors (Lipinski definition) is 0. The van der Waals surface area contributed by atoms with E-state index in [2.05, 4.69) is 241 Å². The fourth-order valence-corrected chi connectivity index (χ4v) is 10.8. The summed E-state index contributed by atoms with van der Waals surface area (Å²) in [5.41, 5.74) is 21.9. The Labute approximate surface area is 366 Å². The maximum Gasteiger partial charge on any atom is 0.136 e. The van der Waals surface area contributed by atoms with Crippen LogP contribution in [0.4, 0.5) is 17.1 Å². The van der Waals surface area contributed by atoms with Gasteiger partial charge in [0.05, 0.1) is 5.41 Å². The summed E-state index contributed by atoms with van der Waals surface area (Å²) in [5.74, 6) is 0. The summed E-state index contributed by atoms with van der Waals surface area (Å²) < 4.78 is 6.56. The summed E-state index contributed by atoms with van der Waals surface area (Å²) >= 11 is 0. The maximum absolute atomic E-state index is 6.56. The van der Waals surface area contributed by atoms with Crippen LogP contribution in [0.25, 0.3) is 77.6 Å². The number of rotatable bonds is 5. The molecule has 63 heavy (non-hydrogen) atoms. The van der Waals surface area contributed by atoms with Crippen molar-refractivity contribution in [1.82, 2.24) is 0 Å². The molecule has 0 amide bonds. The maximum atomic E-state index is 6.56. The molecule has 0 saturated heterocycles. The van der Waals surface area contributed by atoms with Crippen LogP contribution in [0, 0.1) is 0 Å². The second-order valence-corrected chi connectivity index (χ2v) is 16.7. The molecule has 2 heteroatoms. The number of nitrogens with zero attached hydrogens (tertiary/aromatic N) is 1. The van der Waals surface area contributed by atoms with E-state index in [9.17, 15) is 0 Å². The van der Waals surface area contributed by atoms with Crippen molar-refractivity contribution < 1.29 is 4.42 Å². The first-order chi connectivity index (χ1) is 31.3. The van der Waals surface area contributed by atoms with Crippen molar-refractivity contribution in [2.75, 3.05) is 4.90 Å². The minimum absolute atomic E-state index is 0.614. The van der Waals surface area contributed by atoms with Crippen molar-refractivity contribution in [3.05, 3.63) is 259 Å². The highest BCUT2D eigenvalue weighted by Gasteiger charge is 2.50. The number of benzene rings is 10. The van der Waals surface area contributed by atoms with Crippen molar-refractivity contribution in [2.24, 2.45) is 0 Å². The normalized spacial score (nSPS) is 14.4. The summed E-state index contributed by atoms with van der Waals surface area (Å²) in [7, 11) is 0. The summed E-state index contributed by atoms with van der Waals surface area (Å²) in [6.45, 7) is 0. The minimum Gasteiger partial charge on any atom is -0.456 e. The Balaban J connectivity index is 1.03. The van der Waals surface area contributed by atoms with E-state index in [0.29, 0.717) is 0 Å². The molecule has 1 atom stereocenters. The second-order valence-electron chi connectivity index (χ2n) is 16.7. The monoisotopic (exact) mass is 801 g/mol. The molecule has 0 bridgehead atoms. The summed E-state index contributed by atoms with van der Waals surface area (Å²) in [5, 5.41) is 2.32. The highest BCUT2D eigenvalue weighted by molar-refractivity contribution is 6.16. The predicted molar refractivity (Wildman–Crippen MR) is 261 cm³/mol. The van der Waals surface area contributed by atoms with Gasteiger partial charge in [0.2, 0.25) is 0 Å². The van der Waals surface area contributed by atoms with E-state index in [-0.39, 0.29) is 0 Å². The minimum atomic E-state index is -0.614. The Hall–Kier alpha value is -8.20. The summed E-state index contributed by atoms with van der Waals surface area (Å²) in [4.78, 5) is 2.40. The molecule has 1 aromatic heterocycles. The number of anilines is 3. The molecular weight excluding hydrogens is 763 g/mol. The van der Waals surface area contributed by atoms with E-state index in [1.165, 1.54) is 83.3 Å². The number of furan rings is 1. The fourth-order valence-electron chi connectivity index (χ4n) is 10.8. The highest BCUT2D eigenvalue weighted by Crippen LogP contribution is 2.63. The van der Waals surface area contributed by atoms with Crippen molar-refractivity contribution in [3.8, 4) is 55.6 Å². The van der Waals surface area contributed by atoms with E-state index in [4.69, 9.17) is 4.42 Å². The Morgan fingerprint density at radius 1 is 0.302 bits per heavy atom. The molecule has 1 heterocycles. The molecule has 0 saturated carbocycles. The van der Waals surface area contributed by atoms with Gasteiger partial charge in [-0.3, -0.25) is 0 Å². The number of para-hydroxylation sites is 2. The Bertz CT molecular complexity index is 3550. The average Bonchev–Trinajstić information content (AvgIpc) is 3.85. The van der Waals surface area contributed by atoms with Gasteiger partial charge in [0, 0.05) is 27.8 Å². The molecule has 0 aliphatic heterocycles. The SMILES string of the molecule is c1ccc(-c2ccc(-c3ccc(N(c4ccccc4)c4ccc5c(c4)-c4ccccc4-c4ccccc4C54c5ccccc5-c5c4ccc4oc6ccccc6c54)cc3)cc2)cc1. The summed E-state index contributed by atoms with van der Waals surface area (Å²) in [6.07, 6.45) is 0. The standard InChI is InChI=1S/C61H39NO/c1-3-15-40(16-4-1)41-27-29-42(30-28-41)43-31-33-45(34-32-43)62(44-17-5-2-6-18-44)46-35-36-55-52(39-46)48-20-8-7-19-47(48)49-21-9-12-24-53(49)61(55)54-25-13-10-22-50(54)59-56(61)37-38-58-60(59)51-23-11-14-26-57(51)63-58/h1-39H. The smallest absolute Gasteiger partial charge is 0.136 e. The Kier molecular flexibility index (Phi) is 7.85. The third-order valence-corrected chi connectivity index (χ3v) is 13.5. The average molecular weight is 802 g/mol. The van der Waals surface area contributed by atoms with Gasteiger partial charge in [-0.1, -0.05) is 188 Å². The van der Waals surface area contributed by atoms with Crippen LogP contribution in [-0.2, 0) is 5.41 Å². The third-order valence-electron chi connectivity index (χ3n) is 13.5. The molecule has 0 radical (unpaired) electrons. The zero-order valence-electron chi connectivity index (χ0n) is 34.4. The molecule has 0 fully saturated rings. The molecule has 294 valence electrons. The van der Waals surface area contributed by atoms with Crippen LogP contribution in [0.5, 0.6) is 0 Å². The van der Waals surface area contributed by atoms with Gasteiger partial charge >= 0.3 is 0 Å². The van der Waals surface area contributed by atoms with E-state index >= 15 is 0 Å². The van der Waals surface area contributed by atoms with Crippen LogP contribution in [0.1, 0.15) is 22.3 Å². The first kappa shape index (κ1) is 35.5. The molecule has 2 aliphatic carbocycles. The molecule has 1 spiro atoms. The van der Waals surface area contributed by atoms with Gasteiger partial charge in [0.25, 0.3) is 0 Å². The second kappa shape index (κ2) is 13.9. The van der Waals surface area contributed by atoms with Crippen LogP contribution < -0.4 is 4.90 Å². The number of hydrogen-bond acceptors (Lipinski definition) is 2. The van der Waals surface area contributed by atoms with Crippen molar-refractivity contribution in [1.29, 1.82) is 0 Å². The van der Waals surface area contributed by atoms with Gasteiger partial charge < -0.3 is 9.32 Å². The lowest BCUT2D eigenvalue weighted by atomic mass is 9.66. The van der Waals surface area contributed by atoms with E-state index < -0.39 is 5.41 Å². The molecule has 1 unspecified atom stereocenters. The highest BCUT2D eigenvalue weighted by atomic mass is 16.3. The van der Waals surface area contributed by atoms with Crippen molar-refractivity contribution in [2.45, 2.75) is 5.41 Å². The topological polar surface area (TPSA) is 16.4 Å². The predicted octanol–water partition coefficient (Wildman–Crippen LogP) is 16.4. The van der Waals surface area contributed by atoms with Crippen LogP contribution in [-0.4, -0.2) is 0 Å². The quantitative estimate of drug-likeness (QED) is 0.172. The van der Waals surface area contributed by atoms with E-state index in [1.807, 2.05) is 0 Å². The first-order valence-corrected chi connectivity index (χ1v) is 21.8. The lowest BCUT2D eigenvalue weighted by molar-refractivity contribution is 0.668. The Morgan fingerprint density at radius 2 is 0.778 bits per heavy atom. The Morgan fingerprint density at radius 3 is 1.49 bits per heavy atom. The lowest BCUT2D eigenvalue weighted by Gasteiger charge is -2.36. The molecular formula is C61H39NO. The number of fused-ring (bicyclic) bond motifs is 16. The van der Waals surface area contributed by atoms with E-state index in [1.54, 1.807) is 0 Å². The van der Waals surface area contributed by atoms with E-state index in [0.717, 1.165) is 33.6 Å². The third kappa shape index (κ3) is 5.25.